The summed E-state index contributed by atoms with van der Waals surface area (Å²) in [6.07, 6.45) is 5.27. The second-order valence-electron chi connectivity index (χ2n) is 3.87. The highest BCUT2D eigenvalue weighted by molar-refractivity contribution is 5.73. The van der Waals surface area contributed by atoms with Crippen molar-refractivity contribution in [3.05, 3.63) is 0 Å². The van der Waals surface area contributed by atoms with Crippen LogP contribution >= 0.6 is 0 Å². The molecule has 1 rings (SSSR count). The van der Waals surface area contributed by atoms with E-state index in [2.05, 4.69) is 5.32 Å². The molecule has 0 heterocycles. The topological polar surface area (TPSA) is 32.3 Å². The highest BCUT2D eigenvalue weighted by Gasteiger charge is 2.18. The van der Waals surface area contributed by atoms with Crippen molar-refractivity contribution in [3.8, 4) is 0 Å². The first kappa shape index (κ1) is 10.4. The summed E-state index contributed by atoms with van der Waals surface area (Å²) in [5.74, 6) is 0.743. The third-order valence-corrected chi connectivity index (χ3v) is 2.68. The molecule has 1 aliphatic rings. The first-order valence-corrected chi connectivity index (χ1v) is 5.23. The van der Waals surface area contributed by atoms with Crippen molar-refractivity contribution < 1.29 is 4.79 Å². The molecule has 0 atom stereocenters. The molecule has 0 aromatic rings. The van der Waals surface area contributed by atoms with Crippen LogP contribution in [-0.4, -0.2) is 31.1 Å². The number of rotatable bonds is 3. The molecule has 13 heavy (non-hydrogen) atoms. The molecule has 0 radical (unpaired) electrons. The smallest absolute Gasteiger partial charge is 0.317 e. The van der Waals surface area contributed by atoms with Crippen molar-refractivity contribution in [3.63, 3.8) is 0 Å². The zero-order chi connectivity index (χ0) is 9.68. The van der Waals surface area contributed by atoms with Crippen LogP contribution in [0, 0.1) is 5.92 Å². The SMILES string of the molecule is CCNC(=O)N(C)CC1CCCC1. The number of carbonyl (C=O) groups excluding carboxylic acids is 1. The van der Waals surface area contributed by atoms with E-state index >= 15 is 0 Å². The van der Waals surface area contributed by atoms with Crippen LogP contribution in [0.1, 0.15) is 32.6 Å². The monoisotopic (exact) mass is 184 g/mol. The van der Waals surface area contributed by atoms with Gasteiger partial charge in [-0.25, -0.2) is 4.79 Å². The van der Waals surface area contributed by atoms with E-state index in [0.29, 0.717) is 6.54 Å². The predicted molar refractivity (Wildman–Crippen MR) is 53.7 cm³/mol. The lowest BCUT2D eigenvalue weighted by Gasteiger charge is -2.20. The fourth-order valence-electron chi connectivity index (χ4n) is 1.95. The average Bonchev–Trinajstić information content (AvgIpc) is 2.57. The Morgan fingerprint density at radius 1 is 1.46 bits per heavy atom. The predicted octanol–water partition coefficient (Wildman–Crippen LogP) is 1.84. The molecule has 3 heteroatoms. The second-order valence-corrected chi connectivity index (χ2v) is 3.87. The van der Waals surface area contributed by atoms with Gasteiger partial charge in [0, 0.05) is 20.1 Å². The molecule has 0 aromatic heterocycles. The maximum absolute atomic E-state index is 11.3. The maximum atomic E-state index is 11.3. The quantitative estimate of drug-likeness (QED) is 0.713. The Balaban J connectivity index is 2.22. The van der Waals surface area contributed by atoms with Gasteiger partial charge in [-0.05, 0) is 25.7 Å². The van der Waals surface area contributed by atoms with E-state index in [-0.39, 0.29) is 6.03 Å². The Morgan fingerprint density at radius 3 is 2.62 bits per heavy atom. The van der Waals surface area contributed by atoms with Gasteiger partial charge in [-0.15, -0.1) is 0 Å². The molecule has 3 nitrogen and oxygen atoms in total. The molecule has 2 amide bonds. The molecule has 0 bridgehead atoms. The zero-order valence-corrected chi connectivity index (χ0v) is 8.68. The molecule has 0 aliphatic heterocycles. The van der Waals surface area contributed by atoms with Crippen LogP contribution in [0.25, 0.3) is 0 Å². The van der Waals surface area contributed by atoms with E-state index in [1.807, 2.05) is 14.0 Å². The molecule has 1 saturated carbocycles. The summed E-state index contributed by atoms with van der Waals surface area (Å²) in [5.41, 5.74) is 0. The van der Waals surface area contributed by atoms with Gasteiger partial charge in [-0.1, -0.05) is 12.8 Å². The van der Waals surface area contributed by atoms with Crippen LogP contribution < -0.4 is 5.32 Å². The fourth-order valence-corrected chi connectivity index (χ4v) is 1.95. The van der Waals surface area contributed by atoms with Crippen molar-refractivity contribution >= 4 is 6.03 Å². The van der Waals surface area contributed by atoms with E-state index in [4.69, 9.17) is 0 Å². The van der Waals surface area contributed by atoms with Gasteiger partial charge in [0.15, 0.2) is 0 Å². The second kappa shape index (κ2) is 5.10. The Hall–Kier alpha value is -0.730. The van der Waals surface area contributed by atoms with Crippen molar-refractivity contribution in [2.24, 2.45) is 5.92 Å². The Labute approximate surface area is 80.5 Å². The van der Waals surface area contributed by atoms with E-state index in [0.717, 1.165) is 12.5 Å². The molecule has 0 spiro atoms. The van der Waals surface area contributed by atoms with Gasteiger partial charge in [-0.3, -0.25) is 0 Å². The molecular weight excluding hydrogens is 164 g/mol. The number of hydrogen-bond donors (Lipinski definition) is 1. The molecule has 1 N–H and O–H groups in total. The third-order valence-electron chi connectivity index (χ3n) is 2.68. The van der Waals surface area contributed by atoms with Gasteiger partial charge in [0.25, 0.3) is 0 Å². The minimum atomic E-state index is 0.0643. The molecule has 1 aliphatic carbocycles. The summed E-state index contributed by atoms with van der Waals surface area (Å²) in [6, 6.07) is 0.0643. The highest BCUT2D eigenvalue weighted by Crippen LogP contribution is 2.24. The number of nitrogens with one attached hydrogen (secondary N) is 1. The number of hydrogen-bond acceptors (Lipinski definition) is 1. The standard InChI is InChI=1S/C10H20N2O/c1-3-11-10(13)12(2)8-9-6-4-5-7-9/h9H,3-8H2,1-2H3,(H,11,13). The van der Waals surface area contributed by atoms with Crippen molar-refractivity contribution in [1.29, 1.82) is 0 Å². The van der Waals surface area contributed by atoms with Crippen LogP contribution in [0.15, 0.2) is 0 Å². The van der Waals surface area contributed by atoms with Gasteiger partial charge >= 0.3 is 6.03 Å². The van der Waals surface area contributed by atoms with Crippen molar-refractivity contribution in [1.82, 2.24) is 10.2 Å². The largest absolute Gasteiger partial charge is 0.338 e. The van der Waals surface area contributed by atoms with Gasteiger partial charge < -0.3 is 10.2 Å². The van der Waals surface area contributed by atoms with Crippen LogP contribution in [0.4, 0.5) is 4.79 Å². The fraction of sp³-hybridized carbons (Fsp3) is 0.900. The van der Waals surface area contributed by atoms with Gasteiger partial charge in [0.1, 0.15) is 0 Å². The molecule has 76 valence electrons. The minimum Gasteiger partial charge on any atom is -0.338 e. The molecule has 0 unspecified atom stereocenters. The molecular formula is C10H20N2O. The lowest BCUT2D eigenvalue weighted by molar-refractivity contribution is 0.201. The normalized spacial score (nSPS) is 17.4. The number of nitrogens with zero attached hydrogens (tertiary/aromatic N) is 1. The van der Waals surface area contributed by atoms with Crippen LogP contribution in [0.5, 0.6) is 0 Å². The van der Waals surface area contributed by atoms with Crippen molar-refractivity contribution in [2.45, 2.75) is 32.6 Å². The van der Waals surface area contributed by atoms with Crippen molar-refractivity contribution in [2.75, 3.05) is 20.1 Å². The van der Waals surface area contributed by atoms with Crippen LogP contribution in [-0.2, 0) is 0 Å². The summed E-state index contributed by atoms with van der Waals surface area (Å²) in [6.45, 7) is 3.58. The number of urea groups is 1. The van der Waals surface area contributed by atoms with Crippen LogP contribution in [0.3, 0.4) is 0 Å². The third kappa shape index (κ3) is 3.25. The Morgan fingerprint density at radius 2 is 2.08 bits per heavy atom. The zero-order valence-electron chi connectivity index (χ0n) is 8.68. The summed E-state index contributed by atoms with van der Waals surface area (Å²) in [5, 5.41) is 2.81. The first-order chi connectivity index (χ1) is 6.24. The lowest BCUT2D eigenvalue weighted by Crippen LogP contribution is -2.39. The summed E-state index contributed by atoms with van der Waals surface area (Å²) < 4.78 is 0. The van der Waals surface area contributed by atoms with E-state index in [1.165, 1.54) is 25.7 Å². The first-order valence-electron chi connectivity index (χ1n) is 5.23. The van der Waals surface area contributed by atoms with Gasteiger partial charge in [0.2, 0.25) is 0 Å². The highest BCUT2D eigenvalue weighted by atomic mass is 16.2. The summed E-state index contributed by atoms with van der Waals surface area (Å²) in [7, 11) is 1.88. The number of amides is 2. The minimum absolute atomic E-state index is 0.0643. The molecule has 1 fully saturated rings. The van der Waals surface area contributed by atoms with Gasteiger partial charge in [0.05, 0.1) is 0 Å². The maximum Gasteiger partial charge on any atom is 0.317 e. The Bertz CT molecular complexity index is 164. The average molecular weight is 184 g/mol. The summed E-state index contributed by atoms with van der Waals surface area (Å²) in [4.78, 5) is 13.2. The van der Waals surface area contributed by atoms with E-state index in [1.54, 1.807) is 4.90 Å². The van der Waals surface area contributed by atoms with Gasteiger partial charge in [-0.2, -0.15) is 0 Å². The van der Waals surface area contributed by atoms with Crippen LogP contribution in [0.2, 0.25) is 0 Å². The summed E-state index contributed by atoms with van der Waals surface area (Å²) >= 11 is 0. The van der Waals surface area contributed by atoms with E-state index in [9.17, 15) is 4.79 Å². The van der Waals surface area contributed by atoms with E-state index < -0.39 is 0 Å². The number of carbonyl (C=O) groups is 1. The lowest BCUT2D eigenvalue weighted by atomic mass is 10.1. The molecule has 0 aromatic carbocycles. The molecule has 0 saturated heterocycles. The Kier molecular flexibility index (Phi) is 4.06.